The van der Waals surface area contributed by atoms with Crippen molar-refractivity contribution in [3.05, 3.63) is 36.2 Å². The molecule has 2 aromatic rings. The van der Waals surface area contributed by atoms with Crippen LogP contribution < -0.4 is 9.64 Å². The van der Waals surface area contributed by atoms with Crippen LogP contribution in [0.15, 0.2) is 30.5 Å². The monoisotopic (exact) mass is 350 g/mol. The number of aromatic nitrogens is 2. The van der Waals surface area contributed by atoms with E-state index in [1.807, 2.05) is 30.5 Å². The molecule has 2 heterocycles. The standard InChI is InChI=1S/C21H26N4O/c1-3-4-5-18-15-23-20(17-6-8-19(26-2)9-7-17)21(24-18)25-12-10-16(14-22)11-13-25/h6-9,15-16H,3-5,10-13H2,1-2H3. The molecule has 0 unspecified atom stereocenters. The smallest absolute Gasteiger partial charge is 0.155 e. The van der Waals surface area contributed by atoms with Crippen LogP contribution in [0.1, 0.15) is 38.3 Å². The van der Waals surface area contributed by atoms with Crippen LogP contribution in [0.25, 0.3) is 11.3 Å². The molecule has 1 aromatic heterocycles. The number of unbranched alkanes of at least 4 members (excludes halogenated alkanes) is 1. The van der Waals surface area contributed by atoms with Crippen LogP contribution >= 0.6 is 0 Å². The van der Waals surface area contributed by atoms with Gasteiger partial charge in [-0.15, -0.1) is 0 Å². The van der Waals surface area contributed by atoms with Crippen molar-refractivity contribution in [2.45, 2.75) is 39.0 Å². The number of hydrogen-bond donors (Lipinski definition) is 0. The van der Waals surface area contributed by atoms with Crippen molar-refractivity contribution >= 4 is 5.82 Å². The normalized spacial score (nSPS) is 14.9. The topological polar surface area (TPSA) is 62.0 Å². The first-order valence-corrected chi connectivity index (χ1v) is 9.40. The van der Waals surface area contributed by atoms with Gasteiger partial charge in [0.25, 0.3) is 0 Å². The van der Waals surface area contributed by atoms with Crippen molar-refractivity contribution in [2.75, 3.05) is 25.1 Å². The molecule has 0 aliphatic carbocycles. The summed E-state index contributed by atoms with van der Waals surface area (Å²) in [5.74, 6) is 1.93. The summed E-state index contributed by atoms with van der Waals surface area (Å²) in [6.07, 6.45) is 6.89. The first-order chi connectivity index (χ1) is 12.7. The molecule has 0 atom stereocenters. The van der Waals surface area contributed by atoms with E-state index in [2.05, 4.69) is 17.9 Å². The van der Waals surface area contributed by atoms with E-state index in [4.69, 9.17) is 20.0 Å². The van der Waals surface area contributed by atoms with E-state index >= 15 is 0 Å². The highest BCUT2D eigenvalue weighted by molar-refractivity contribution is 5.72. The Balaban J connectivity index is 1.93. The molecule has 0 saturated carbocycles. The second kappa shape index (κ2) is 8.66. The molecule has 0 bridgehead atoms. The Morgan fingerprint density at radius 2 is 1.96 bits per heavy atom. The molecular weight excluding hydrogens is 324 g/mol. The van der Waals surface area contributed by atoms with Crippen molar-refractivity contribution in [2.24, 2.45) is 5.92 Å². The Morgan fingerprint density at radius 3 is 2.58 bits per heavy atom. The minimum Gasteiger partial charge on any atom is -0.497 e. The molecule has 5 heteroatoms. The van der Waals surface area contributed by atoms with Crippen LogP contribution in [-0.2, 0) is 6.42 Å². The number of anilines is 1. The van der Waals surface area contributed by atoms with Gasteiger partial charge in [0.15, 0.2) is 5.82 Å². The van der Waals surface area contributed by atoms with Crippen molar-refractivity contribution in [1.29, 1.82) is 5.26 Å². The lowest BCUT2D eigenvalue weighted by Crippen LogP contribution is -2.34. The molecule has 1 aromatic carbocycles. The van der Waals surface area contributed by atoms with E-state index in [1.54, 1.807) is 7.11 Å². The average molecular weight is 350 g/mol. The summed E-state index contributed by atoms with van der Waals surface area (Å²) in [4.78, 5) is 12.0. The third kappa shape index (κ3) is 4.13. The highest BCUT2D eigenvalue weighted by Gasteiger charge is 2.23. The van der Waals surface area contributed by atoms with Crippen LogP contribution in [0, 0.1) is 17.2 Å². The molecule has 3 rings (SSSR count). The zero-order valence-corrected chi connectivity index (χ0v) is 15.6. The number of hydrogen-bond acceptors (Lipinski definition) is 5. The van der Waals surface area contributed by atoms with Crippen molar-refractivity contribution in [3.63, 3.8) is 0 Å². The molecule has 0 amide bonds. The lowest BCUT2D eigenvalue weighted by atomic mass is 9.98. The van der Waals surface area contributed by atoms with Crippen molar-refractivity contribution in [1.82, 2.24) is 9.97 Å². The summed E-state index contributed by atoms with van der Waals surface area (Å²) in [6.45, 7) is 3.90. The van der Waals surface area contributed by atoms with E-state index in [1.165, 1.54) is 0 Å². The molecule has 136 valence electrons. The summed E-state index contributed by atoms with van der Waals surface area (Å²) in [7, 11) is 1.67. The number of ether oxygens (including phenoxy) is 1. The lowest BCUT2D eigenvalue weighted by Gasteiger charge is -2.31. The Labute approximate surface area is 155 Å². The second-order valence-corrected chi connectivity index (χ2v) is 6.76. The third-order valence-electron chi connectivity index (χ3n) is 4.93. The van der Waals surface area contributed by atoms with E-state index in [0.29, 0.717) is 0 Å². The fraction of sp³-hybridized carbons (Fsp3) is 0.476. The molecule has 5 nitrogen and oxygen atoms in total. The Hall–Kier alpha value is -2.61. The highest BCUT2D eigenvalue weighted by atomic mass is 16.5. The van der Waals surface area contributed by atoms with Crippen molar-refractivity contribution < 1.29 is 4.74 Å². The van der Waals surface area contributed by atoms with E-state index < -0.39 is 0 Å². The Kier molecular flexibility index (Phi) is 6.06. The molecule has 26 heavy (non-hydrogen) atoms. The Morgan fingerprint density at radius 1 is 1.23 bits per heavy atom. The van der Waals surface area contributed by atoms with Crippen molar-refractivity contribution in [3.8, 4) is 23.1 Å². The second-order valence-electron chi connectivity index (χ2n) is 6.76. The SMILES string of the molecule is CCCCc1cnc(-c2ccc(OC)cc2)c(N2CCC(C#N)CC2)n1. The molecule has 0 spiro atoms. The summed E-state index contributed by atoms with van der Waals surface area (Å²) >= 11 is 0. The van der Waals surface area contributed by atoms with Gasteiger partial charge in [0.1, 0.15) is 11.4 Å². The zero-order chi connectivity index (χ0) is 18.4. The van der Waals surface area contributed by atoms with Crippen LogP contribution in [0.4, 0.5) is 5.82 Å². The Bertz CT molecular complexity index is 759. The average Bonchev–Trinajstić information content (AvgIpc) is 2.72. The largest absolute Gasteiger partial charge is 0.497 e. The predicted molar refractivity (Wildman–Crippen MR) is 103 cm³/mol. The van der Waals surface area contributed by atoms with E-state index in [-0.39, 0.29) is 5.92 Å². The lowest BCUT2D eigenvalue weighted by molar-refractivity contribution is 0.415. The summed E-state index contributed by atoms with van der Waals surface area (Å²) in [6, 6.07) is 10.4. The van der Waals surface area contributed by atoms with Gasteiger partial charge in [-0.25, -0.2) is 4.98 Å². The molecule has 0 N–H and O–H groups in total. The van der Waals surface area contributed by atoms with Gasteiger partial charge in [0.05, 0.1) is 18.9 Å². The zero-order valence-electron chi connectivity index (χ0n) is 15.6. The van der Waals surface area contributed by atoms with Gasteiger partial charge in [-0.1, -0.05) is 13.3 Å². The van der Waals surface area contributed by atoms with Gasteiger partial charge in [0, 0.05) is 30.8 Å². The molecule has 0 radical (unpaired) electrons. The van der Waals surface area contributed by atoms with Crippen LogP contribution in [-0.4, -0.2) is 30.2 Å². The third-order valence-corrected chi connectivity index (χ3v) is 4.93. The molecular formula is C21H26N4O. The van der Waals surface area contributed by atoms with Gasteiger partial charge in [-0.05, 0) is 49.9 Å². The van der Waals surface area contributed by atoms with E-state index in [0.717, 1.165) is 73.7 Å². The van der Waals surface area contributed by atoms with Gasteiger partial charge >= 0.3 is 0 Å². The molecule has 1 aliphatic rings. The predicted octanol–water partition coefficient (Wildman–Crippen LogP) is 4.23. The fourth-order valence-corrected chi connectivity index (χ4v) is 3.29. The quantitative estimate of drug-likeness (QED) is 0.780. The summed E-state index contributed by atoms with van der Waals surface area (Å²) < 4.78 is 5.26. The van der Waals surface area contributed by atoms with Gasteiger partial charge in [-0.2, -0.15) is 5.26 Å². The minimum atomic E-state index is 0.159. The molecule has 1 saturated heterocycles. The summed E-state index contributed by atoms with van der Waals surface area (Å²) in [5.41, 5.74) is 2.99. The van der Waals surface area contributed by atoms with E-state index in [9.17, 15) is 0 Å². The maximum Gasteiger partial charge on any atom is 0.155 e. The maximum atomic E-state index is 9.16. The van der Waals surface area contributed by atoms with Gasteiger partial charge in [0.2, 0.25) is 0 Å². The van der Waals surface area contributed by atoms with Crippen LogP contribution in [0.2, 0.25) is 0 Å². The fourth-order valence-electron chi connectivity index (χ4n) is 3.29. The number of nitriles is 1. The molecule has 1 aliphatic heterocycles. The minimum absolute atomic E-state index is 0.159. The van der Waals surface area contributed by atoms with Crippen LogP contribution in [0.3, 0.4) is 0 Å². The first kappa shape index (κ1) is 18.2. The van der Waals surface area contributed by atoms with Gasteiger partial charge in [-0.3, -0.25) is 4.98 Å². The molecule has 1 fully saturated rings. The number of methoxy groups -OCH3 is 1. The number of nitrogens with zero attached hydrogens (tertiary/aromatic N) is 4. The number of piperidine rings is 1. The maximum absolute atomic E-state index is 9.16. The first-order valence-electron chi connectivity index (χ1n) is 9.40. The highest BCUT2D eigenvalue weighted by Crippen LogP contribution is 2.31. The van der Waals surface area contributed by atoms with Gasteiger partial charge < -0.3 is 9.64 Å². The summed E-state index contributed by atoms with van der Waals surface area (Å²) in [5, 5.41) is 9.16. The number of rotatable bonds is 6. The van der Waals surface area contributed by atoms with Crippen LogP contribution in [0.5, 0.6) is 5.75 Å². The number of benzene rings is 1. The number of aryl methyl sites for hydroxylation is 1.